The number of aromatic nitrogens is 2. The lowest BCUT2D eigenvalue weighted by Crippen LogP contribution is -2.45. The zero-order valence-corrected chi connectivity index (χ0v) is 18.2. The van der Waals surface area contributed by atoms with Gasteiger partial charge in [-0.2, -0.15) is 0 Å². The molecular weight excluding hydrogens is 463 g/mol. The maximum Gasteiger partial charge on any atom is 0.573 e. The van der Waals surface area contributed by atoms with Crippen LogP contribution in [0.15, 0.2) is 52.1 Å². The standard InChI is InChI=1S/C22H19ClF3N3O4/c1-27-18-12-14(23)4-7-17(18)29(21(32)20(27)31)15-8-10-28(11-9-15)19(30)13-2-5-16(6-3-13)33-22(24,25)26/h2-7,12,15H,8-11H2,1H3. The number of fused-ring (bicyclic) bond motifs is 1. The molecule has 1 aromatic heterocycles. The highest BCUT2D eigenvalue weighted by molar-refractivity contribution is 6.31. The molecule has 0 radical (unpaired) electrons. The number of hydrogen-bond donors (Lipinski definition) is 0. The summed E-state index contributed by atoms with van der Waals surface area (Å²) in [6.07, 6.45) is -3.93. The molecular formula is C22H19ClF3N3O4. The molecule has 0 aliphatic carbocycles. The average Bonchev–Trinajstić information content (AvgIpc) is 2.77. The van der Waals surface area contributed by atoms with E-state index in [4.69, 9.17) is 11.6 Å². The molecule has 1 saturated heterocycles. The van der Waals surface area contributed by atoms with E-state index in [1.54, 1.807) is 23.1 Å². The van der Waals surface area contributed by atoms with Crippen LogP contribution in [0.25, 0.3) is 11.0 Å². The van der Waals surface area contributed by atoms with Crippen molar-refractivity contribution in [2.75, 3.05) is 13.1 Å². The number of carbonyl (C=O) groups excluding carboxylic acids is 1. The average molecular weight is 482 g/mol. The van der Waals surface area contributed by atoms with E-state index in [1.165, 1.54) is 28.3 Å². The molecule has 0 bridgehead atoms. The number of benzene rings is 2. The summed E-state index contributed by atoms with van der Waals surface area (Å²) < 4.78 is 43.5. The Morgan fingerprint density at radius 2 is 1.64 bits per heavy atom. The van der Waals surface area contributed by atoms with Gasteiger partial charge in [0.05, 0.1) is 11.0 Å². The molecule has 0 saturated carbocycles. The van der Waals surface area contributed by atoms with E-state index in [0.29, 0.717) is 42.0 Å². The summed E-state index contributed by atoms with van der Waals surface area (Å²) in [5.41, 5.74) is 0.0407. The Kier molecular flexibility index (Phi) is 5.96. The van der Waals surface area contributed by atoms with E-state index in [9.17, 15) is 27.6 Å². The van der Waals surface area contributed by atoms with E-state index < -0.39 is 23.2 Å². The lowest BCUT2D eigenvalue weighted by Gasteiger charge is -2.33. The number of alkyl halides is 3. The maximum absolute atomic E-state index is 12.8. The summed E-state index contributed by atoms with van der Waals surface area (Å²) >= 11 is 6.06. The van der Waals surface area contributed by atoms with Crippen molar-refractivity contribution >= 4 is 28.5 Å². The van der Waals surface area contributed by atoms with Crippen molar-refractivity contribution in [1.29, 1.82) is 0 Å². The Balaban J connectivity index is 1.53. The minimum absolute atomic E-state index is 0.230. The molecule has 0 unspecified atom stereocenters. The van der Waals surface area contributed by atoms with Crippen LogP contribution in [-0.2, 0) is 7.05 Å². The van der Waals surface area contributed by atoms with Crippen LogP contribution in [0.3, 0.4) is 0 Å². The van der Waals surface area contributed by atoms with Crippen molar-refractivity contribution in [2.45, 2.75) is 25.2 Å². The number of carbonyl (C=O) groups is 1. The van der Waals surface area contributed by atoms with Crippen molar-refractivity contribution < 1.29 is 22.7 Å². The maximum atomic E-state index is 12.8. The zero-order chi connectivity index (χ0) is 23.9. The topological polar surface area (TPSA) is 73.5 Å². The number of aryl methyl sites for hydroxylation is 1. The highest BCUT2D eigenvalue weighted by Gasteiger charge is 2.31. The number of likely N-dealkylation sites (tertiary alicyclic amines) is 1. The largest absolute Gasteiger partial charge is 0.573 e. The van der Waals surface area contributed by atoms with Crippen molar-refractivity contribution in [3.63, 3.8) is 0 Å². The van der Waals surface area contributed by atoms with Crippen molar-refractivity contribution in [2.24, 2.45) is 7.05 Å². The summed E-state index contributed by atoms with van der Waals surface area (Å²) in [4.78, 5) is 39.6. The van der Waals surface area contributed by atoms with Crippen molar-refractivity contribution in [3.8, 4) is 5.75 Å². The van der Waals surface area contributed by atoms with Gasteiger partial charge in [0, 0.05) is 36.8 Å². The summed E-state index contributed by atoms with van der Waals surface area (Å²) in [6, 6.07) is 9.40. The molecule has 3 aromatic rings. The van der Waals surface area contributed by atoms with Gasteiger partial charge in [0.15, 0.2) is 0 Å². The molecule has 0 N–H and O–H groups in total. The van der Waals surface area contributed by atoms with E-state index in [-0.39, 0.29) is 17.5 Å². The minimum Gasteiger partial charge on any atom is -0.406 e. The predicted molar refractivity (Wildman–Crippen MR) is 116 cm³/mol. The van der Waals surface area contributed by atoms with Gasteiger partial charge in [-0.05, 0) is 55.3 Å². The lowest BCUT2D eigenvalue weighted by molar-refractivity contribution is -0.274. The van der Waals surface area contributed by atoms with Crippen LogP contribution in [0.1, 0.15) is 29.2 Å². The van der Waals surface area contributed by atoms with Crippen molar-refractivity contribution in [1.82, 2.24) is 14.0 Å². The van der Waals surface area contributed by atoms with E-state index >= 15 is 0 Å². The fourth-order valence-electron chi connectivity index (χ4n) is 4.11. The number of ether oxygens (including phenoxy) is 1. The van der Waals surface area contributed by atoms with Gasteiger partial charge in [0.1, 0.15) is 5.75 Å². The molecule has 1 fully saturated rings. The van der Waals surface area contributed by atoms with Crippen molar-refractivity contribution in [3.05, 3.63) is 73.8 Å². The molecule has 1 aliphatic heterocycles. The fourth-order valence-corrected chi connectivity index (χ4v) is 4.27. The summed E-state index contributed by atoms with van der Waals surface area (Å²) in [7, 11) is 1.51. The summed E-state index contributed by atoms with van der Waals surface area (Å²) in [6.45, 7) is 0.641. The Labute approximate surface area is 190 Å². The number of amides is 1. The lowest BCUT2D eigenvalue weighted by atomic mass is 10.0. The molecule has 2 heterocycles. The number of halogens is 4. The molecule has 2 aromatic carbocycles. The van der Waals surface area contributed by atoms with Crippen LogP contribution in [0.4, 0.5) is 13.2 Å². The minimum atomic E-state index is -4.81. The van der Waals surface area contributed by atoms with E-state index in [1.807, 2.05) is 0 Å². The Morgan fingerprint density at radius 1 is 1.00 bits per heavy atom. The summed E-state index contributed by atoms with van der Waals surface area (Å²) in [5, 5.41) is 0.440. The first-order valence-electron chi connectivity index (χ1n) is 10.1. The predicted octanol–water partition coefficient (Wildman–Crippen LogP) is 3.73. The second kappa shape index (κ2) is 8.58. The number of rotatable bonds is 3. The first kappa shape index (κ1) is 22.9. The Hall–Kier alpha value is -3.27. The monoisotopic (exact) mass is 481 g/mol. The third-order valence-electron chi connectivity index (χ3n) is 5.72. The molecule has 1 aliphatic rings. The van der Waals surface area contributed by atoms with Gasteiger partial charge >= 0.3 is 17.5 Å². The van der Waals surface area contributed by atoms with Gasteiger partial charge in [-0.25, -0.2) is 0 Å². The van der Waals surface area contributed by atoms with Crippen LogP contribution < -0.4 is 15.9 Å². The molecule has 174 valence electrons. The first-order valence-corrected chi connectivity index (χ1v) is 10.5. The molecule has 7 nitrogen and oxygen atoms in total. The number of hydrogen-bond acceptors (Lipinski definition) is 4. The third kappa shape index (κ3) is 4.61. The van der Waals surface area contributed by atoms with Gasteiger partial charge in [0.25, 0.3) is 5.91 Å². The first-order chi connectivity index (χ1) is 15.5. The van der Waals surface area contributed by atoms with Gasteiger partial charge < -0.3 is 14.2 Å². The van der Waals surface area contributed by atoms with Crippen LogP contribution in [0.2, 0.25) is 5.02 Å². The van der Waals surface area contributed by atoms with Gasteiger partial charge in [-0.3, -0.25) is 19.0 Å². The highest BCUT2D eigenvalue weighted by Crippen LogP contribution is 2.27. The van der Waals surface area contributed by atoms with E-state index in [2.05, 4.69) is 4.74 Å². The normalized spacial score (nSPS) is 15.1. The van der Waals surface area contributed by atoms with Crippen LogP contribution in [-0.4, -0.2) is 39.4 Å². The number of piperidine rings is 1. The highest BCUT2D eigenvalue weighted by atomic mass is 35.5. The van der Waals surface area contributed by atoms with Gasteiger partial charge in [-0.15, -0.1) is 13.2 Å². The second-order valence-corrected chi connectivity index (χ2v) is 8.20. The smallest absolute Gasteiger partial charge is 0.406 e. The Bertz CT molecular complexity index is 1320. The molecule has 1 amide bonds. The van der Waals surface area contributed by atoms with Crippen LogP contribution in [0, 0.1) is 0 Å². The number of nitrogens with zero attached hydrogens (tertiary/aromatic N) is 3. The second-order valence-electron chi connectivity index (χ2n) is 7.77. The zero-order valence-electron chi connectivity index (χ0n) is 17.4. The fraction of sp³-hybridized carbons (Fsp3) is 0.318. The summed E-state index contributed by atoms with van der Waals surface area (Å²) in [5.74, 6) is -0.741. The molecule has 11 heteroatoms. The Morgan fingerprint density at radius 3 is 2.24 bits per heavy atom. The molecule has 4 rings (SSSR count). The molecule has 0 spiro atoms. The molecule has 0 atom stereocenters. The van der Waals surface area contributed by atoms with Gasteiger partial charge in [-0.1, -0.05) is 11.6 Å². The molecule has 33 heavy (non-hydrogen) atoms. The van der Waals surface area contributed by atoms with Crippen LogP contribution in [0.5, 0.6) is 5.75 Å². The van der Waals surface area contributed by atoms with Gasteiger partial charge in [0.2, 0.25) is 0 Å². The van der Waals surface area contributed by atoms with Crippen LogP contribution >= 0.6 is 11.6 Å². The third-order valence-corrected chi connectivity index (χ3v) is 5.95. The quantitative estimate of drug-likeness (QED) is 0.534. The SMILES string of the molecule is Cn1c(=O)c(=O)n(C2CCN(C(=O)c3ccc(OC(F)(F)F)cc3)CC2)c2ccc(Cl)cc21. The van der Waals surface area contributed by atoms with E-state index in [0.717, 1.165) is 12.1 Å².